The van der Waals surface area contributed by atoms with Crippen molar-refractivity contribution in [1.29, 1.82) is 0 Å². The topological polar surface area (TPSA) is 235 Å². The third-order valence-electron chi connectivity index (χ3n) is 8.33. The van der Waals surface area contributed by atoms with Gasteiger partial charge >= 0.3 is 6.72 Å². The molecule has 3 aliphatic heterocycles. The number of ether oxygens (including phenoxy) is 4. The number of nitrogen functional groups attached to an aromatic ring is 2. The van der Waals surface area contributed by atoms with Crippen LogP contribution in [0.3, 0.4) is 0 Å². The minimum atomic E-state index is -4.10. The van der Waals surface area contributed by atoms with Crippen LogP contribution in [0.25, 0.3) is 22.3 Å². The summed E-state index contributed by atoms with van der Waals surface area (Å²) in [5.41, 5.74) is 10.2. The van der Waals surface area contributed by atoms with E-state index in [1.54, 1.807) is 10.9 Å². The predicted octanol–water partition coefficient (Wildman–Crippen LogP) is -0.360. The molecule has 0 radical (unpaired) electrons. The number of nitrogens with zero attached hydrogens (tertiary/aromatic N) is 7. The number of fused-ring (bicyclic) bond motifs is 2. The van der Waals surface area contributed by atoms with Crippen molar-refractivity contribution in [2.45, 2.75) is 42.3 Å². The van der Waals surface area contributed by atoms with Gasteiger partial charge in [-0.2, -0.15) is 4.98 Å². The molecule has 4 aliphatic rings. The molecule has 2 bridgehead atoms. The maximum atomic E-state index is 14.5. The van der Waals surface area contributed by atoms with E-state index >= 15 is 0 Å². The third-order valence-corrected chi connectivity index (χ3v) is 9.90. The lowest BCUT2D eigenvalue weighted by molar-refractivity contribution is -0.360. The van der Waals surface area contributed by atoms with Crippen molar-refractivity contribution in [3.8, 4) is 0 Å². The van der Waals surface area contributed by atoms with Crippen molar-refractivity contribution < 1.29 is 37.3 Å². The van der Waals surface area contributed by atoms with Crippen molar-refractivity contribution in [1.82, 2.24) is 39.0 Å². The van der Waals surface area contributed by atoms with E-state index in [2.05, 4.69) is 29.9 Å². The smallest absolute Gasteiger partial charge is 0.325 e. The number of aromatic nitrogens is 8. The number of nitrogens with two attached hydrogens (primary N) is 2. The fraction of sp³-hybridized carbons (Fsp3) is 0.545. The lowest BCUT2D eigenvalue weighted by Gasteiger charge is -2.65. The Morgan fingerprint density at radius 3 is 2.67 bits per heavy atom. The molecule has 18 nitrogen and oxygen atoms in total. The first-order chi connectivity index (χ1) is 20.6. The van der Waals surface area contributed by atoms with E-state index in [9.17, 15) is 14.1 Å². The van der Waals surface area contributed by atoms with E-state index in [1.165, 1.54) is 17.2 Å². The molecule has 1 aliphatic carbocycles. The Bertz CT molecular complexity index is 1870. The van der Waals surface area contributed by atoms with Gasteiger partial charge in [-0.05, 0) is 11.8 Å². The van der Waals surface area contributed by atoms with Crippen molar-refractivity contribution in [2.24, 2.45) is 5.92 Å². The highest BCUT2D eigenvalue weighted by molar-refractivity contribution is 8.07. The summed E-state index contributed by atoms with van der Waals surface area (Å²) in [4.78, 5) is 46.5. The summed E-state index contributed by atoms with van der Waals surface area (Å²) in [6, 6.07) is 0. The van der Waals surface area contributed by atoms with Crippen LogP contribution in [0.5, 0.6) is 0 Å². The van der Waals surface area contributed by atoms with Gasteiger partial charge in [0.05, 0.1) is 31.8 Å². The standard InChI is InChI=1S/C22H24FN10O8PS/c23-1-9-18(33-7-29-11-16(33)30-20(25)31-17(11)34)37-8-36-3-21-2-22(4-38-42(35,43)41-9)13(21)12(39-21)19(40-22)32-6-28-10-14(24)26-5-27-15(10)32/h5-7,9,12-13,18-19H,1-4,8H2,(H,35,43)(H2,24,26,27)(H3,25,30,31,34)/t9-,12-,13-,18-,19-,21?,22+,42?/m1/s1. The van der Waals surface area contributed by atoms with Crippen molar-refractivity contribution >= 4 is 52.6 Å². The molecule has 4 fully saturated rings. The number of hydrogen-bond donors (Lipinski definition) is 4. The summed E-state index contributed by atoms with van der Waals surface area (Å²) in [6.07, 6.45) is 0.534. The number of rotatable bonds is 3. The quantitative estimate of drug-likeness (QED) is 0.210. The van der Waals surface area contributed by atoms with Crippen LogP contribution < -0.4 is 17.0 Å². The number of aromatic amines is 1. The lowest BCUT2D eigenvalue weighted by atomic mass is 9.53. The summed E-state index contributed by atoms with van der Waals surface area (Å²) in [7, 11) is 0. The summed E-state index contributed by atoms with van der Waals surface area (Å²) in [5.74, 6) is -0.183. The predicted molar refractivity (Wildman–Crippen MR) is 145 cm³/mol. The highest BCUT2D eigenvalue weighted by Crippen LogP contribution is 2.70. The Morgan fingerprint density at radius 2 is 1.86 bits per heavy atom. The van der Waals surface area contributed by atoms with Gasteiger partial charge in [0.2, 0.25) is 5.95 Å². The van der Waals surface area contributed by atoms with E-state index in [4.69, 9.17) is 51.3 Å². The zero-order chi connectivity index (χ0) is 29.7. The summed E-state index contributed by atoms with van der Waals surface area (Å²) >= 11 is 5.29. The summed E-state index contributed by atoms with van der Waals surface area (Å²) < 4.78 is 53.6. The number of hydrogen-bond acceptors (Lipinski definition) is 15. The molecular weight excluding hydrogens is 614 g/mol. The van der Waals surface area contributed by atoms with E-state index in [1.807, 2.05) is 0 Å². The van der Waals surface area contributed by atoms with Crippen molar-refractivity contribution in [3.05, 3.63) is 29.3 Å². The number of halogens is 1. The lowest BCUT2D eigenvalue weighted by Crippen LogP contribution is -2.78. The van der Waals surface area contributed by atoms with Gasteiger partial charge in [-0.15, -0.1) is 0 Å². The molecule has 228 valence electrons. The molecule has 1 saturated carbocycles. The zero-order valence-corrected chi connectivity index (χ0v) is 23.7. The Labute approximate surface area is 244 Å². The summed E-state index contributed by atoms with van der Waals surface area (Å²) in [5, 5.41) is 0. The normalized spacial score (nSPS) is 37.6. The monoisotopic (exact) mass is 638 g/mol. The van der Waals surface area contributed by atoms with Gasteiger partial charge in [0, 0.05) is 6.42 Å². The zero-order valence-electron chi connectivity index (χ0n) is 22.0. The fourth-order valence-electron chi connectivity index (χ4n) is 6.70. The second-order valence-corrected chi connectivity index (χ2v) is 13.6. The van der Waals surface area contributed by atoms with E-state index in [-0.39, 0.29) is 48.9 Å². The molecule has 0 aromatic carbocycles. The number of H-pyrrole nitrogens is 1. The number of alkyl halides is 1. The summed E-state index contributed by atoms with van der Waals surface area (Å²) in [6.45, 7) is -5.66. The van der Waals surface area contributed by atoms with Crippen LogP contribution in [0, 0.1) is 5.92 Å². The van der Waals surface area contributed by atoms with Crippen LogP contribution >= 0.6 is 6.72 Å². The molecule has 2 unspecified atom stereocenters. The van der Waals surface area contributed by atoms with Gasteiger partial charge in [0.15, 0.2) is 35.1 Å². The number of imidazole rings is 2. The van der Waals surface area contributed by atoms with Gasteiger partial charge < -0.3 is 39.8 Å². The van der Waals surface area contributed by atoms with Crippen molar-refractivity contribution in [3.63, 3.8) is 0 Å². The molecule has 3 saturated heterocycles. The van der Waals surface area contributed by atoms with Gasteiger partial charge in [0.25, 0.3) is 5.56 Å². The Balaban J connectivity index is 1.10. The van der Waals surface area contributed by atoms with Crippen LogP contribution in [0.2, 0.25) is 0 Å². The average molecular weight is 639 g/mol. The molecule has 2 spiro atoms. The highest BCUT2D eigenvalue weighted by Gasteiger charge is 2.81. The van der Waals surface area contributed by atoms with Crippen LogP contribution in [0.1, 0.15) is 18.9 Å². The molecule has 7 heterocycles. The first kappa shape index (κ1) is 27.4. The molecule has 6 N–H and O–H groups in total. The maximum Gasteiger partial charge on any atom is 0.325 e. The molecule has 0 amide bonds. The molecule has 8 rings (SSSR count). The van der Waals surface area contributed by atoms with E-state index in [0.29, 0.717) is 17.6 Å². The number of nitrogens with one attached hydrogen (secondary N) is 1. The van der Waals surface area contributed by atoms with Gasteiger partial charge in [-0.3, -0.25) is 23.4 Å². The minimum Gasteiger partial charge on any atom is -0.382 e. The molecule has 8 atom stereocenters. The molecular formula is C22H24FN10O8PS. The van der Waals surface area contributed by atoms with Crippen molar-refractivity contribution in [2.75, 3.05) is 38.1 Å². The Hall–Kier alpha value is -3.20. The largest absolute Gasteiger partial charge is 0.382 e. The highest BCUT2D eigenvalue weighted by atomic mass is 32.5. The molecule has 21 heteroatoms. The van der Waals surface area contributed by atoms with Gasteiger partial charge in [-0.1, -0.05) is 0 Å². The average Bonchev–Trinajstić information content (AvgIpc) is 3.59. The minimum absolute atomic E-state index is 0.00251. The second-order valence-electron chi connectivity index (χ2n) is 10.8. The molecule has 4 aromatic rings. The van der Waals surface area contributed by atoms with Crippen LogP contribution in [0.15, 0.2) is 23.8 Å². The number of anilines is 2. The van der Waals surface area contributed by atoms with Crippen LogP contribution in [-0.2, 0) is 39.8 Å². The second kappa shape index (κ2) is 9.40. The van der Waals surface area contributed by atoms with Gasteiger partial charge in [-0.25, -0.2) is 24.3 Å². The van der Waals surface area contributed by atoms with Crippen LogP contribution in [0.4, 0.5) is 16.2 Å². The Morgan fingerprint density at radius 1 is 1.09 bits per heavy atom. The third kappa shape index (κ3) is 3.99. The van der Waals surface area contributed by atoms with Crippen LogP contribution in [-0.4, -0.2) is 94.0 Å². The van der Waals surface area contributed by atoms with E-state index < -0.39 is 54.8 Å². The first-order valence-electron chi connectivity index (χ1n) is 13.1. The van der Waals surface area contributed by atoms with Gasteiger partial charge in [0.1, 0.15) is 48.7 Å². The SMILES string of the molecule is Nc1nc2c(ncn2[C@@H]2OCOCC34C[C@@]5(COP(O)(=S)O[C@@H]2CF)O[C@@H](n2cnc6c(N)ncnc62)[C@H](O3)[C@H]45)c(=O)[nH]1. The maximum absolute atomic E-state index is 14.5. The molecule has 43 heavy (non-hydrogen) atoms. The fourth-order valence-corrected chi connectivity index (χ4v) is 8.13. The first-order valence-corrected chi connectivity index (χ1v) is 15.6. The van der Waals surface area contributed by atoms with E-state index in [0.717, 1.165) is 0 Å². The molecule has 4 aromatic heterocycles. The Kier molecular flexibility index (Phi) is 5.98.